The SMILES string of the molecule is CCOc1ccc(F)cc1CCCCl. The molecule has 0 heterocycles. The number of hydrogen-bond acceptors (Lipinski definition) is 1. The van der Waals surface area contributed by atoms with Crippen LogP contribution in [0.25, 0.3) is 0 Å². The van der Waals surface area contributed by atoms with Crippen LogP contribution in [0.1, 0.15) is 18.9 Å². The largest absolute Gasteiger partial charge is 0.494 e. The van der Waals surface area contributed by atoms with Gasteiger partial charge in [-0.25, -0.2) is 4.39 Å². The van der Waals surface area contributed by atoms with E-state index in [-0.39, 0.29) is 5.82 Å². The Morgan fingerprint density at radius 2 is 2.21 bits per heavy atom. The quantitative estimate of drug-likeness (QED) is 0.686. The van der Waals surface area contributed by atoms with E-state index in [0.29, 0.717) is 12.5 Å². The minimum atomic E-state index is -0.224. The van der Waals surface area contributed by atoms with Gasteiger partial charge in [-0.2, -0.15) is 0 Å². The molecule has 1 aromatic rings. The Labute approximate surface area is 88.8 Å². The second kappa shape index (κ2) is 5.86. The third kappa shape index (κ3) is 3.18. The van der Waals surface area contributed by atoms with Gasteiger partial charge in [-0.3, -0.25) is 0 Å². The molecular weight excluding hydrogens is 203 g/mol. The van der Waals surface area contributed by atoms with Crippen LogP contribution in [-0.2, 0) is 6.42 Å². The molecule has 78 valence electrons. The van der Waals surface area contributed by atoms with Crippen molar-refractivity contribution in [1.82, 2.24) is 0 Å². The van der Waals surface area contributed by atoms with Gasteiger partial charge in [-0.15, -0.1) is 11.6 Å². The molecule has 0 aromatic heterocycles. The molecule has 1 aromatic carbocycles. The Kier molecular flexibility index (Phi) is 4.74. The fraction of sp³-hybridized carbons (Fsp3) is 0.455. The molecule has 0 saturated carbocycles. The summed E-state index contributed by atoms with van der Waals surface area (Å²) >= 11 is 5.59. The van der Waals surface area contributed by atoms with Crippen LogP contribution in [0.2, 0.25) is 0 Å². The van der Waals surface area contributed by atoms with E-state index in [1.807, 2.05) is 6.92 Å². The molecule has 3 heteroatoms. The van der Waals surface area contributed by atoms with Gasteiger partial charge in [0, 0.05) is 5.88 Å². The van der Waals surface area contributed by atoms with Crippen molar-refractivity contribution in [1.29, 1.82) is 0 Å². The fourth-order valence-electron chi connectivity index (χ4n) is 1.30. The molecule has 0 N–H and O–H groups in total. The molecule has 1 rings (SSSR count). The van der Waals surface area contributed by atoms with E-state index in [2.05, 4.69) is 0 Å². The van der Waals surface area contributed by atoms with Gasteiger partial charge in [0.05, 0.1) is 6.61 Å². The first-order valence-corrected chi connectivity index (χ1v) is 5.28. The lowest BCUT2D eigenvalue weighted by Gasteiger charge is -2.09. The fourth-order valence-corrected chi connectivity index (χ4v) is 1.43. The molecule has 1 nitrogen and oxygen atoms in total. The Balaban J connectivity index is 2.79. The van der Waals surface area contributed by atoms with Gasteiger partial charge < -0.3 is 4.74 Å². The second-order valence-electron chi connectivity index (χ2n) is 2.98. The summed E-state index contributed by atoms with van der Waals surface area (Å²) in [4.78, 5) is 0. The molecule has 0 aliphatic heterocycles. The predicted molar refractivity (Wildman–Crippen MR) is 56.6 cm³/mol. The first kappa shape index (κ1) is 11.3. The minimum Gasteiger partial charge on any atom is -0.494 e. The van der Waals surface area contributed by atoms with E-state index in [0.717, 1.165) is 24.2 Å². The molecule has 0 saturated heterocycles. The third-order valence-electron chi connectivity index (χ3n) is 1.90. The number of benzene rings is 1. The maximum atomic E-state index is 12.9. The van der Waals surface area contributed by atoms with Crippen molar-refractivity contribution >= 4 is 11.6 Å². The van der Waals surface area contributed by atoms with Crippen LogP contribution in [0.15, 0.2) is 18.2 Å². The zero-order valence-corrected chi connectivity index (χ0v) is 8.98. The molecule has 0 radical (unpaired) electrons. The number of alkyl halides is 1. The molecule has 0 bridgehead atoms. The number of aryl methyl sites for hydroxylation is 1. The molecule has 0 aliphatic carbocycles. The summed E-state index contributed by atoms with van der Waals surface area (Å²) in [5, 5.41) is 0. The van der Waals surface area contributed by atoms with E-state index < -0.39 is 0 Å². The zero-order valence-electron chi connectivity index (χ0n) is 8.22. The summed E-state index contributed by atoms with van der Waals surface area (Å²) in [6.45, 7) is 2.51. The molecule has 0 fully saturated rings. The number of halogens is 2. The van der Waals surface area contributed by atoms with Gasteiger partial charge in [0.25, 0.3) is 0 Å². The van der Waals surface area contributed by atoms with E-state index in [4.69, 9.17) is 16.3 Å². The average Bonchev–Trinajstić information content (AvgIpc) is 2.18. The van der Waals surface area contributed by atoms with E-state index in [1.54, 1.807) is 6.07 Å². The number of hydrogen-bond donors (Lipinski definition) is 0. The van der Waals surface area contributed by atoms with Gasteiger partial charge in [0.15, 0.2) is 0 Å². The smallest absolute Gasteiger partial charge is 0.123 e. The van der Waals surface area contributed by atoms with Crippen molar-refractivity contribution < 1.29 is 9.13 Å². The zero-order chi connectivity index (χ0) is 10.4. The van der Waals surface area contributed by atoms with E-state index in [9.17, 15) is 4.39 Å². The highest BCUT2D eigenvalue weighted by atomic mass is 35.5. The van der Waals surface area contributed by atoms with Crippen LogP contribution < -0.4 is 4.74 Å². The van der Waals surface area contributed by atoms with Crippen molar-refractivity contribution in [3.8, 4) is 5.75 Å². The Bertz CT molecular complexity index is 289. The second-order valence-corrected chi connectivity index (χ2v) is 3.36. The Hall–Kier alpha value is -0.760. The standard InChI is InChI=1S/C11H14ClFO/c1-2-14-11-6-5-10(13)8-9(11)4-3-7-12/h5-6,8H,2-4,7H2,1H3. The van der Waals surface area contributed by atoms with Crippen LogP contribution in [-0.4, -0.2) is 12.5 Å². The van der Waals surface area contributed by atoms with Crippen molar-refractivity contribution in [2.75, 3.05) is 12.5 Å². The highest BCUT2D eigenvalue weighted by Gasteiger charge is 2.04. The molecule has 0 amide bonds. The third-order valence-corrected chi connectivity index (χ3v) is 2.17. The maximum absolute atomic E-state index is 12.9. The first-order valence-electron chi connectivity index (χ1n) is 4.75. The number of rotatable bonds is 5. The highest BCUT2D eigenvalue weighted by Crippen LogP contribution is 2.21. The minimum absolute atomic E-state index is 0.224. The monoisotopic (exact) mass is 216 g/mol. The van der Waals surface area contributed by atoms with Gasteiger partial charge in [0.1, 0.15) is 11.6 Å². The normalized spacial score (nSPS) is 10.2. The Morgan fingerprint density at radius 3 is 2.86 bits per heavy atom. The average molecular weight is 217 g/mol. The van der Waals surface area contributed by atoms with Crippen molar-refractivity contribution in [2.24, 2.45) is 0 Å². The molecule has 0 atom stereocenters. The van der Waals surface area contributed by atoms with Crippen LogP contribution in [0.5, 0.6) is 5.75 Å². The van der Waals surface area contributed by atoms with E-state index >= 15 is 0 Å². The summed E-state index contributed by atoms with van der Waals surface area (Å²) in [5.41, 5.74) is 0.896. The number of ether oxygens (including phenoxy) is 1. The Morgan fingerprint density at radius 1 is 1.43 bits per heavy atom. The summed E-state index contributed by atoms with van der Waals surface area (Å²) in [6.07, 6.45) is 1.60. The molecule has 0 spiro atoms. The molecule has 14 heavy (non-hydrogen) atoms. The summed E-state index contributed by atoms with van der Waals surface area (Å²) < 4.78 is 18.3. The summed E-state index contributed by atoms with van der Waals surface area (Å²) in [6, 6.07) is 4.59. The predicted octanol–water partition coefficient (Wildman–Crippen LogP) is 3.40. The summed E-state index contributed by atoms with van der Waals surface area (Å²) in [5.74, 6) is 1.12. The topological polar surface area (TPSA) is 9.23 Å². The lowest BCUT2D eigenvalue weighted by atomic mass is 10.1. The molecule has 0 aliphatic rings. The van der Waals surface area contributed by atoms with Crippen LogP contribution in [0, 0.1) is 5.82 Å². The molecule has 0 unspecified atom stereocenters. The van der Waals surface area contributed by atoms with E-state index in [1.165, 1.54) is 12.1 Å². The lowest BCUT2D eigenvalue weighted by Crippen LogP contribution is -1.98. The molecular formula is C11H14ClFO. The maximum Gasteiger partial charge on any atom is 0.123 e. The van der Waals surface area contributed by atoms with Crippen molar-refractivity contribution in [3.05, 3.63) is 29.6 Å². The van der Waals surface area contributed by atoms with Crippen molar-refractivity contribution in [3.63, 3.8) is 0 Å². The van der Waals surface area contributed by atoms with Gasteiger partial charge >= 0.3 is 0 Å². The summed E-state index contributed by atoms with van der Waals surface area (Å²) in [7, 11) is 0. The van der Waals surface area contributed by atoms with Crippen molar-refractivity contribution in [2.45, 2.75) is 19.8 Å². The van der Waals surface area contributed by atoms with Crippen LogP contribution in [0.3, 0.4) is 0 Å². The van der Waals surface area contributed by atoms with Gasteiger partial charge in [-0.05, 0) is 43.5 Å². The lowest BCUT2D eigenvalue weighted by molar-refractivity contribution is 0.335. The van der Waals surface area contributed by atoms with Crippen LogP contribution in [0.4, 0.5) is 4.39 Å². The van der Waals surface area contributed by atoms with Crippen LogP contribution >= 0.6 is 11.6 Å². The van der Waals surface area contributed by atoms with Gasteiger partial charge in [0.2, 0.25) is 0 Å². The first-order chi connectivity index (χ1) is 6.77. The highest BCUT2D eigenvalue weighted by molar-refractivity contribution is 6.17. The van der Waals surface area contributed by atoms with Gasteiger partial charge in [-0.1, -0.05) is 0 Å².